The van der Waals surface area contributed by atoms with Crippen molar-refractivity contribution in [2.45, 2.75) is 39.3 Å². The SMILES string of the molecule is CC(=O)[C@H](CC(C)C)NC(=O)C1=C/C(=N/O[O-])C(O)C([N+](=O)[O-])=C1. The van der Waals surface area contributed by atoms with E-state index in [9.17, 15) is 30.1 Å². The number of nitro groups is 1. The van der Waals surface area contributed by atoms with Crippen LogP contribution in [0.5, 0.6) is 0 Å². The molecule has 24 heavy (non-hydrogen) atoms. The largest absolute Gasteiger partial charge is 0.638 e. The van der Waals surface area contributed by atoms with Crippen LogP contribution in [0.1, 0.15) is 27.2 Å². The summed E-state index contributed by atoms with van der Waals surface area (Å²) in [5.41, 5.74) is -1.44. The van der Waals surface area contributed by atoms with Gasteiger partial charge < -0.3 is 20.7 Å². The minimum atomic E-state index is -1.80. The van der Waals surface area contributed by atoms with E-state index in [4.69, 9.17) is 0 Å². The Kier molecular flexibility index (Phi) is 6.74. The quantitative estimate of drug-likeness (QED) is 0.350. The summed E-state index contributed by atoms with van der Waals surface area (Å²) < 4.78 is 0. The van der Waals surface area contributed by atoms with E-state index in [1.807, 2.05) is 13.8 Å². The molecule has 0 radical (unpaired) electrons. The Labute approximate surface area is 137 Å². The van der Waals surface area contributed by atoms with Crippen LogP contribution < -0.4 is 10.6 Å². The lowest BCUT2D eigenvalue weighted by molar-refractivity contribution is -0.691. The predicted molar refractivity (Wildman–Crippen MR) is 79.8 cm³/mol. The zero-order chi connectivity index (χ0) is 18.4. The highest BCUT2D eigenvalue weighted by Crippen LogP contribution is 2.18. The molecule has 1 aliphatic rings. The molecule has 10 nitrogen and oxygen atoms in total. The highest BCUT2D eigenvalue weighted by molar-refractivity contribution is 6.10. The fourth-order valence-corrected chi connectivity index (χ4v) is 2.11. The van der Waals surface area contributed by atoms with E-state index in [1.54, 1.807) is 0 Å². The predicted octanol–water partition coefficient (Wildman–Crippen LogP) is -0.784. The molecule has 0 bridgehead atoms. The first-order chi connectivity index (χ1) is 11.2. The number of ketones is 1. The minimum Gasteiger partial charge on any atom is -0.638 e. The number of hydrogen-bond donors (Lipinski definition) is 2. The van der Waals surface area contributed by atoms with Crippen molar-refractivity contribution in [1.29, 1.82) is 0 Å². The van der Waals surface area contributed by atoms with Gasteiger partial charge in [-0.15, -0.1) is 0 Å². The number of carbonyl (C=O) groups is 2. The number of aliphatic hydroxyl groups excluding tert-OH is 1. The molecule has 0 aromatic heterocycles. The Hall–Kier alpha value is -2.59. The molecule has 0 aliphatic heterocycles. The van der Waals surface area contributed by atoms with Gasteiger partial charge in [-0.2, -0.15) is 0 Å². The average Bonchev–Trinajstić information content (AvgIpc) is 2.47. The molecule has 1 rings (SSSR count). The summed E-state index contributed by atoms with van der Waals surface area (Å²) in [6.07, 6.45) is 0.436. The Balaban J connectivity index is 3.10. The summed E-state index contributed by atoms with van der Waals surface area (Å²) in [7, 11) is 0. The van der Waals surface area contributed by atoms with Gasteiger partial charge in [0.2, 0.25) is 0 Å². The van der Waals surface area contributed by atoms with Crippen LogP contribution in [0.4, 0.5) is 0 Å². The van der Waals surface area contributed by atoms with Gasteiger partial charge in [0.15, 0.2) is 11.9 Å². The van der Waals surface area contributed by atoms with Crippen LogP contribution in [-0.2, 0) is 14.6 Å². The third kappa shape index (κ3) is 4.96. The maximum absolute atomic E-state index is 12.3. The van der Waals surface area contributed by atoms with Crippen molar-refractivity contribution in [1.82, 2.24) is 5.32 Å². The molecular weight excluding hydrogens is 322 g/mol. The van der Waals surface area contributed by atoms with Gasteiger partial charge in [0.25, 0.3) is 11.6 Å². The third-order valence-electron chi connectivity index (χ3n) is 3.29. The van der Waals surface area contributed by atoms with E-state index >= 15 is 0 Å². The molecule has 0 spiro atoms. The van der Waals surface area contributed by atoms with Crippen LogP contribution in [0.25, 0.3) is 0 Å². The first kappa shape index (κ1) is 19.5. The Morgan fingerprint density at radius 2 is 2.08 bits per heavy atom. The molecule has 0 fully saturated rings. The van der Waals surface area contributed by atoms with Gasteiger partial charge >= 0.3 is 0 Å². The topological polar surface area (TPSA) is 154 Å². The summed E-state index contributed by atoms with van der Waals surface area (Å²) in [5, 5.41) is 36.2. The normalized spacial score (nSPS) is 20.2. The molecule has 0 aromatic carbocycles. The Morgan fingerprint density at radius 3 is 2.54 bits per heavy atom. The van der Waals surface area contributed by atoms with Crippen LogP contribution in [0.15, 0.2) is 28.6 Å². The van der Waals surface area contributed by atoms with E-state index in [2.05, 4.69) is 15.5 Å². The number of Topliss-reactive ketones (excluding diaryl/α,β-unsaturated/α-hetero) is 1. The maximum atomic E-state index is 12.3. The van der Waals surface area contributed by atoms with Crippen LogP contribution in [0.2, 0.25) is 0 Å². The lowest BCUT2D eigenvalue weighted by Crippen LogP contribution is -2.42. The molecule has 2 atom stereocenters. The molecule has 0 saturated heterocycles. The zero-order valence-corrected chi connectivity index (χ0v) is 13.4. The highest BCUT2D eigenvalue weighted by Gasteiger charge is 2.33. The number of amides is 1. The fourth-order valence-electron chi connectivity index (χ4n) is 2.11. The number of carbonyl (C=O) groups excluding carboxylic acids is 2. The van der Waals surface area contributed by atoms with Gasteiger partial charge in [-0.3, -0.25) is 19.7 Å². The molecule has 2 N–H and O–H groups in total. The second-order valence-electron chi connectivity index (χ2n) is 5.69. The summed E-state index contributed by atoms with van der Waals surface area (Å²) in [4.78, 5) is 37.2. The molecule has 1 unspecified atom stereocenters. The van der Waals surface area contributed by atoms with Gasteiger partial charge in [-0.05, 0) is 25.3 Å². The van der Waals surface area contributed by atoms with Crippen molar-refractivity contribution >= 4 is 17.4 Å². The summed E-state index contributed by atoms with van der Waals surface area (Å²) in [6, 6.07) is -0.756. The summed E-state index contributed by atoms with van der Waals surface area (Å²) in [5.74, 6) is -0.887. The van der Waals surface area contributed by atoms with E-state index in [0.717, 1.165) is 12.2 Å². The monoisotopic (exact) mass is 340 g/mol. The lowest BCUT2D eigenvalue weighted by atomic mass is 9.97. The number of hydrogen-bond acceptors (Lipinski definition) is 8. The number of nitrogens with one attached hydrogen (secondary N) is 1. The van der Waals surface area contributed by atoms with Gasteiger partial charge in [-0.1, -0.05) is 19.0 Å². The van der Waals surface area contributed by atoms with Crippen molar-refractivity contribution in [2.24, 2.45) is 11.1 Å². The van der Waals surface area contributed by atoms with Crippen molar-refractivity contribution < 1.29 is 29.9 Å². The van der Waals surface area contributed by atoms with Crippen LogP contribution >= 0.6 is 0 Å². The maximum Gasteiger partial charge on any atom is 0.281 e. The first-order valence-electron chi connectivity index (χ1n) is 7.11. The second kappa shape index (κ2) is 8.31. The lowest BCUT2D eigenvalue weighted by Gasteiger charge is -2.20. The van der Waals surface area contributed by atoms with Crippen molar-refractivity contribution in [2.75, 3.05) is 0 Å². The molecule has 10 heteroatoms. The van der Waals surface area contributed by atoms with Gasteiger partial charge in [0.1, 0.15) is 5.71 Å². The summed E-state index contributed by atoms with van der Waals surface area (Å²) in [6.45, 7) is 5.07. The fraction of sp³-hybridized carbons (Fsp3) is 0.500. The van der Waals surface area contributed by atoms with Crippen molar-refractivity contribution in [3.8, 4) is 0 Å². The van der Waals surface area contributed by atoms with Gasteiger partial charge in [-0.25, -0.2) is 0 Å². The highest BCUT2D eigenvalue weighted by atomic mass is 17.2. The van der Waals surface area contributed by atoms with Crippen molar-refractivity contribution in [3.05, 3.63) is 33.5 Å². The standard InChI is InChI=1S/C14H19N3O7/c1-7(2)4-10(8(3)18)15-14(20)9-5-11(16-24-23)13(19)12(6-9)17(21)22/h5-7,10,13,19,23H,4H2,1-3H3,(H,15,20)/p-1/b16-11-/t10-,13?/m0/s1. The van der Waals surface area contributed by atoms with E-state index in [1.165, 1.54) is 6.92 Å². The Bertz CT molecular complexity index is 622. The molecule has 0 saturated carbocycles. The van der Waals surface area contributed by atoms with E-state index < -0.39 is 34.4 Å². The Morgan fingerprint density at radius 1 is 1.46 bits per heavy atom. The summed E-state index contributed by atoms with van der Waals surface area (Å²) >= 11 is 0. The van der Waals surface area contributed by atoms with Gasteiger partial charge in [0, 0.05) is 11.6 Å². The molecule has 0 heterocycles. The smallest absolute Gasteiger partial charge is 0.281 e. The zero-order valence-electron chi connectivity index (χ0n) is 13.4. The first-order valence-corrected chi connectivity index (χ1v) is 7.11. The van der Waals surface area contributed by atoms with Crippen LogP contribution in [0, 0.1) is 16.0 Å². The van der Waals surface area contributed by atoms with E-state index in [0.29, 0.717) is 6.42 Å². The van der Waals surface area contributed by atoms with Crippen molar-refractivity contribution in [3.63, 3.8) is 0 Å². The molecule has 1 aliphatic carbocycles. The molecule has 1 amide bonds. The number of rotatable bonds is 7. The number of aliphatic hydroxyl groups is 1. The molecule has 0 aromatic rings. The molecular formula is C14H18N3O7-. The number of nitrogens with zero attached hydrogens (tertiary/aromatic N) is 2. The van der Waals surface area contributed by atoms with E-state index in [-0.39, 0.29) is 17.3 Å². The molecule has 132 valence electrons. The average molecular weight is 340 g/mol. The third-order valence-corrected chi connectivity index (χ3v) is 3.29. The number of oxime groups is 1. The second-order valence-corrected chi connectivity index (χ2v) is 5.69. The van der Waals surface area contributed by atoms with Crippen LogP contribution in [-0.4, -0.2) is 39.6 Å². The van der Waals surface area contributed by atoms with Crippen LogP contribution in [0.3, 0.4) is 0 Å². The van der Waals surface area contributed by atoms with Gasteiger partial charge in [0.05, 0.1) is 11.0 Å². The minimum absolute atomic E-state index is 0.136.